The summed E-state index contributed by atoms with van der Waals surface area (Å²) in [5, 5.41) is 14.1. The standard InChI is InChI=1S/C15H23N3O2/c1-11(2)17(9-12-7-8-12)10-13-5-4-6-14(18(19)20)15(13)16-3/h4-6,11-12,16H,7-10H2,1-3H3. The summed E-state index contributed by atoms with van der Waals surface area (Å²) in [6.07, 6.45) is 2.63. The molecule has 5 nitrogen and oxygen atoms in total. The van der Waals surface area contributed by atoms with Gasteiger partial charge in [-0.15, -0.1) is 0 Å². The van der Waals surface area contributed by atoms with Gasteiger partial charge in [-0.05, 0) is 38.2 Å². The maximum absolute atomic E-state index is 11.1. The number of para-hydroxylation sites is 1. The molecule has 0 amide bonds. The zero-order chi connectivity index (χ0) is 14.7. The van der Waals surface area contributed by atoms with Crippen LogP contribution in [0.2, 0.25) is 0 Å². The van der Waals surface area contributed by atoms with E-state index in [1.807, 2.05) is 6.07 Å². The third-order valence-corrected chi connectivity index (χ3v) is 3.87. The number of nitrogens with zero attached hydrogens (tertiary/aromatic N) is 2. The van der Waals surface area contributed by atoms with Gasteiger partial charge in [0.2, 0.25) is 0 Å². The van der Waals surface area contributed by atoms with Gasteiger partial charge in [0.25, 0.3) is 5.69 Å². The Balaban J connectivity index is 2.21. The SMILES string of the molecule is CNc1c(CN(CC2CC2)C(C)C)cccc1[N+](=O)[O-]. The van der Waals surface area contributed by atoms with Crippen LogP contribution in [0.4, 0.5) is 11.4 Å². The van der Waals surface area contributed by atoms with Crippen molar-refractivity contribution in [3.8, 4) is 0 Å². The summed E-state index contributed by atoms with van der Waals surface area (Å²) in [6, 6.07) is 5.74. The molecular weight excluding hydrogens is 254 g/mol. The Hall–Kier alpha value is -1.62. The van der Waals surface area contributed by atoms with E-state index in [2.05, 4.69) is 24.1 Å². The number of benzene rings is 1. The second-order valence-electron chi connectivity index (χ2n) is 5.78. The van der Waals surface area contributed by atoms with Gasteiger partial charge in [-0.2, -0.15) is 0 Å². The van der Waals surface area contributed by atoms with Gasteiger partial charge >= 0.3 is 0 Å². The van der Waals surface area contributed by atoms with Crippen molar-refractivity contribution in [3.05, 3.63) is 33.9 Å². The zero-order valence-corrected chi connectivity index (χ0v) is 12.4. The highest BCUT2D eigenvalue weighted by Gasteiger charge is 2.26. The van der Waals surface area contributed by atoms with Crippen molar-refractivity contribution in [1.82, 2.24) is 4.90 Å². The third kappa shape index (κ3) is 3.48. The molecule has 0 aromatic heterocycles. The Morgan fingerprint density at radius 3 is 2.65 bits per heavy atom. The van der Waals surface area contributed by atoms with Crippen molar-refractivity contribution in [2.75, 3.05) is 18.9 Å². The normalized spacial score (nSPS) is 14.8. The average molecular weight is 277 g/mol. The molecule has 1 aliphatic carbocycles. The molecule has 0 aliphatic heterocycles. The minimum atomic E-state index is -0.323. The number of anilines is 1. The molecule has 1 aromatic carbocycles. The highest BCUT2D eigenvalue weighted by molar-refractivity contribution is 5.66. The lowest BCUT2D eigenvalue weighted by Crippen LogP contribution is -2.32. The molecule has 0 atom stereocenters. The van der Waals surface area contributed by atoms with Gasteiger partial charge < -0.3 is 5.32 Å². The number of hydrogen-bond acceptors (Lipinski definition) is 4. The van der Waals surface area contributed by atoms with Crippen molar-refractivity contribution in [1.29, 1.82) is 0 Å². The Morgan fingerprint density at radius 2 is 2.15 bits per heavy atom. The Labute approximate surface area is 120 Å². The van der Waals surface area contributed by atoms with Crippen LogP contribution in [0.15, 0.2) is 18.2 Å². The van der Waals surface area contributed by atoms with Crippen molar-refractivity contribution < 1.29 is 4.92 Å². The Morgan fingerprint density at radius 1 is 1.45 bits per heavy atom. The Kier molecular flexibility index (Phi) is 4.60. The van der Waals surface area contributed by atoms with Gasteiger partial charge in [-0.1, -0.05) is 12.1 Å². The van der Waals surface area contributed by atoms with Crippen LogP contribution in [0.5, 0.6) is 0 Å². The van der Waals surface area contributed by atoms with Crippen molar-refractivity contribution in [2.24, 2.45) is 5.92 Å². The fraction of sp³-hybridized carbons (Fsp3) is 0.600. The van der Waals surface area contributed by atoms with Crippen LogP contribution in [-0.4, -0.2) is 29.5 Å². The highest BCUT2D eigenvalue weighted by Crippen LogP contribution is 2.33. The summed E-state index contributed by atoms with van der Waals surface area (Å²) in [4.78, 5) is 13.2. The first-order valence-electron chi connectivity index (χ1n) is 7.21. The summed E-state index contributed by atoms with van der Waals surface area (Å²) in [5.41, 5.74) is 1.79. The van der Waals surface area contributed by atoms with Crippen LogP contribution in [0.3, 0.4) is 0 Å². The number of nitro groups is 1. The number of hydrogen-bond donors (Lipinski definition) is 1. The monoisotopic (exact) mass is 277 g/mol. The van der Waals surface area contributed by atoms with Crippen molar-refractivity contribution in [2.45, 2.75) is 39.3 Å². The van der Waals surface area contributed by atoms with Crippen LogP contribution in [-0.2, 0) is 6.54 Å². The van der Waals surface area contributed by atoms with Crippen LogP contribution in [0.25, 0.3) is 0 Å². The predicted octanol–water partition coefficient (Wildman–Crippen LogP) is 3.26. The second kappa shape index (κ2) is 6.22. The smallest absolute Gasteiger partial charge is 0.292 e. The molecule has 0 spiro atoms. The van der Waals surface area contributed by atoms with E-state index in [0.29, 0.717) is 11.7 Å². The number of nitro benzene ring substituents is 1. The van der Waals surface area contributed by atoms with Gasteiger partial charge in [0, 0.05) is 32.2 Å². The topological polar surface area (TPSA) is 58.4 Å². The van der Waals surface area contributed by atoms with E-state index in [-0.39, 0.29) is 10.6 Å². The summed E-state index contributed by atoms with van der Waals surface area (Å²) >= 11 is 0. The lowest BCUT2D eigenvalue weighted by atomic mass is 10.1. The predicted molar refractivity (Wildman–Crippen MR) is 80.9 cm³/mol. The number of nitrogens with one attached hydrogen (secondary N) is 1. The van der Waals surface area contributed by atoms with Crippen LogP contribution >= 0.6 is 0 Å². The highest BCUT2D eigenvalue weighted by atomic mass is 16.6. The van der Waals surface area contributed by atoms with E-state index in [0.717, 1.165) is 24.6 Å². The minimum absolute atomic E-state index is 0.153. The van der Waals surface area contributed by atoms with Crippen LogP contribution in [0.1, 0.15) is 32.3 Å². The first-order chi connectivity index (χ1) is 9.52. The molecule has 1 N–H and O–H groups in total. The molecule has 110 valence electrons. The van der Waals surface area contributed by atoms with E-state index >= 15 is 0 Å². The van der Waals surface area contributed by atoms with E-state index in [9.17, 15) is 10.1 Å². The maximum atomic E-state index is 11.1. The molecule has 20 heavy (non-hydrogen) atoms. The molecule has 1 saturated carbocycles. The first-order valence-corrected chi connectivity index (χ1v) is 7.21. The molecule has 0 bridgehead atoms. The van der Waals surface area contributed by atoms with Crippen LogP contribution < -0.4 is 5.32 Å². The fourth-order valence-electron chi connectivity index (χ4n) is 2.47. The second-order valence-corrected chi connectivity index (χ2v) is 5.78. The summed E-state index contributed by atoms with van der Waals surface area (Å²) in [6.45, 7) is 6.20. The quantitative estimate of drug-likeness (QED) is 0.614. The van der Waals surface area contributed by atoms with Crippen molar-refractivity contribution in [3.63, 3.8) is 0 Å². The first kappa shape index (κ1) is 14.8. The maximum Gasteiger partial charge on any atom is 0.292 e. The molecule has 2 rings (SSSR count). The Bertz CT molecular complexity index is 484. The van der Waals surface area contributed by atoms with Gasteiger partial charge in [0.15, 0.2) is 0 Å². The van der Waals surface area contributed by atoms with E-state index in [1.165, 1.54) is 12.8 Å². The molecule has 1 aromatic rings. The zero-order valence-electron chi connectivity index (χ0n) is 12.4. The lowest BCUT2D eigenvalue weighted by Gasteiger charge is -2.27. The molecule has 0 unspecified atom stereocenters. The largest absolute Gasteiger partial charge is 0.382 e. The molecule has 0 heterocycles. The molecule has 0 saturated heterocycles. The number of rotatable bonds is 7. The van der Waals surface area contributed by atoms with Gasteiger partial charge in [-0.25, -0.2) is 0 Å². The summed E-state index contributed by atoms with van der Waals surface area (Å²) in [5.74, 6) is 0.814. The lowest BCUT2D eigenvalue weighted by molar-refractivity contribution is -0.384. The molecule has 5 heteroatoms. The molecule has 1 fully saturated rings. The van der Waals surface area contributed by atoms with Gasteiger partial charge in [-0.3, -0.25) is 15.0 Å². The summed E-state index contributed by atoms with van der Waals surface area (Å²) in [7, 11) is 1.74. The molecular formula is C15H23N3O2. The van der Waals surface area contributed by atoms with E-state index in [4.69, 9.17) is 0 Å². The average Bonchev–Trinajstić information content (AvgIpc) is 3.21. The van der Waals surface area contributed by atoms with Gasteiger partial charge in [0.05, 0.1) is 4.92 Å². The van der Waals surface area contributed by atoms with Crippen LogP contribution in [0, 0.1) is 16.0 Å². The third-order valence-electron chi connectivity index (χ3n) is 3.87. The summed E-state index contributed by atoms with van der Waals surface area (Å²) < 4.78 is 0. The molecule has 0 radical (unpaired) electrons. The van der Waals surface area contributed by atoms with Gasteiger partial charge in [0.1, 0.15) is 5.69 Å². The van der Waals surface area contributed by atoms with E-state index in [1.54, 1.807) is 19.2 Å². The van der Waals surface area contributed by atoms with E-state index < -0.39 is 0 Å². The molecule has 1 aliphatic rings. The van der Waals surface area contributed by atoms with Crippen molar-refractivity contribution >= 4 is 11.4 Å². The fourth-order valence-corrected chi connectivity index (χ4v) is 2.47. The minimum Gasteiger partial charge on any atom is -0.382 e.